The molecule has 0 radical (unpaired) electrons. The summed E-state index contributed by atoms with van der Waals surface area (Å²) >= 11 is 1.55. The van der Waals surface area contributed by atoms with E-state index in [1.165, 1.54) is 6.07 Å². The molecule has 0 fully saturated rings. The second-order valence-corrected chi connectivity index (χ2v) is 5.09. The molecule has 0 aromatic heterocycles. The Balaban J connectivity index is 2.98. The van der Waals surface area contributed by atoms with Gasteiger partial charge in [0.2, 0.25) is 0 Å². The molecular weight excluding hydrogens is 289 g/mol. The van der Waals surface area contributed by atoms with E-state index in [1.54, 1.807) is 17.8 Å². The molecule has 0 aliphatic rings. The van der Waals surface area contributed by atoms with E-state index in [9.17, 15) is 13.2 Å². The van der Waals surface area contributed by atoms with Gasteiger partial charge < -0.3 is 10.4 Å². The van der Waals surface area contributed by atoms with Gasteiger partial charge in [0.05, 0.1) is 16.8 Å². The fourth-order valence-electron chi connectivity index (χ4n) is 1.71. The molecule has 1 aromatic rings. The third-order valence-electron chi connectivity index (χ3n) is 2.67. The van der Waals surface area contributed by atoms with Crippen LogP contribution in [-0.2, 0) is 6.18 Å². The van der Waals surface area contributed by atoms with Crippen LogP contribution in [0.15, 0.2) is 18.2 Å². The molecule has 0 aliphatic carbocycles. The minimum atomic E-state index is -4.46. The highest BCUT2D eigenvalue weighted by Gasteiger charge is 2.31. The monoisotopic (exact) mass is 304 g/mol. The summed E-state index contributed by atoms with van der Waals surface area (Å²) in [5.41, 5.74) is -0.542. The number of hydrogen-bond donors (Lipinski definition) is 2. The Morgan fingerprint density at radius 1 is 1.45 bits per heavy atom. The molecule has 1 aromatic carbocycles. The van der Waals surface area contributed by atoms with Crippen LogP contribution in [0.2, 0.25) is 0 Å². The van der Waals surface area contributed by atoms with Crippen LogP contribution in [0.3, 0.4) is 0 Å². The van der Waals surface area contributed by atoms with Crippen molar-refractivity contribution in [3.63, 3.8) is 0 Å². The summed E-state index contributed by atoms with van der Waals surface area (Å²) in [6.45, 7) is -0.0270. The van der Waals surface area contributed by atoms with Gasteiger partial charge in [-0.05, 0) is 30.9 Å². The number of anilines is 1. The zero-order valence-corrected chi connectivity index (χ0v) is 11.7. The first-order chi connectivity index (χ1) is 9.42. The molecular formula is C13H15F3N2OS. The fraction of sp³-hybridized carbons (Fsp3) is 0.462. The summed E-state index contributed by atoms with van der Waals surface area (Å²) in [6.07, 6.45) is -2.11. The zero-order valence-electron chi connectivity index (χ0n) is 10.9. The molecule has 1 rings (SSSR count). The van der Waals surface area contributed by atoms with Gasteiger partial charge in [0.1, 0.15) is 6.07 Å². The van der Waals surface area contributed by atoms with Crippen LogP contribution in [0.5, 0.6) is 0 Å². The lowest BCUT2D eigenvalue weighted by Gasteiger charge is -2.19. The maximum atomic E-state index is 12.6. The fourth-order valence-corrected chi connectivity index (χ4v) is 2.37. The van der Waals surface area contributed by atoms with E-state index in [1.807, 2.05) is 6.26 Å². The second kappa shape index (κ2) is 7.41. The summed E-state index contributed by atoms with van der Waals surface area (Å²) in [4.78, 5) is 0. The number of aliphatic hydroxyl groups is 1. The molecule has 0 spiro atoms. The summed E-state index contributed by atoms with van der Waals surface area (Å²) in [7, 11) is 0. The van der Waals surface area contributed by atoms with Crippen molar-refractivity contribution in [1.29, 1.82) is 5.26 Å². The molecule has 0 bridgehead atoms. The zero-order chi connectivity index (χ0) is 15.2. The van der Waals surface area contributed by atoms with Gasteiger partial charge in [0, 0.05) is 18.4 Å². The number of benzene rings is 1. The molecule has 2 N–H and O–H groups in total. The maximum Gasteiger partial charge on any atom is 0.416 e. The van der Waals surface area contributed by atoms with E-state index in [0.717, 1.165) is 12.1 Å². The number of nitrogens with zero attached hydrogens (tertiary/aromatic N) is 1. The van der Waals surface area contributed by atoms with Gasteiger partial charge >= 0.3 is 6.18 Å². The number of thioether (sulfide) groups is 1. The summed E-state index contributed by atoms with van der Waals surface area (Å²) in [6, 6.07) is 4.70. The van der Waals surface area contributed by atoms with Crippen molar-refractivity contribution in [2.24, 2.45) is 0 Å². The van der Waals surface area contributed by atoms with Crippen molar-refractivity contribution >= 4 is 17.4 Å². The van der Waals surface area contributed by atoms with Gasteiger partial charge in [-0.2, -0.15) is 30.2 Å². The lowest BCUT2D eigenvalue weighted by molar-refractivity contribution is -0.137. The largest absolute Gasteiger partial charge is 0.416 e. The Bertz CT molecular complexity index is 479. The number of halogens is 3. The van der Waals surface area contributed by atoms with Gasteiger partial charge in [0.15, 0.2) is 0 Å². The van der Waals surface area contributed by atoms with Crippen LogP contribution < -0.4 is 5.32 Å². The SMILES string of the molecule is CSCC(CCO)Nc1ccc(C(F)(F)F)cc1C#N. The van der Waals surface area contributed by atoms with E-state index in [-0.39, 0.29) is 18.2 Å². The van der Waals surface area contributed by atoms with Gasteiger partial charge in [-0.3, -0.25) is 0 Å². The first kappa shape index (κ1) is 16.7. The van der Waals surface area contributed by atoms with Crippen LogP contribution in [0.25, 0.3) is 0 Å². The molecule has 1 unspecified atom stereocenters. The van der Waals surface area contributed by atoms with Gasteiger partial charge in [0.25, 0.3) is 0 Å². The van der Waals surface area contributed by atoms with E-state index >= 15 is 0 Å². The second-order valence-electron chi connectivity index (χ2n) is 4.18. The lowest BCUT2D eigenvalue weighted by atomic mass is 10.1. The van der Waals surface area contributed by atoms with E-state index in [0.29, 0.717) is 17.9 Å². The third kappa shape index (κ3) is 4.62. The number of aliphatic hydroxyl groups excluding tert-OH is 1. The molecule has 0 saturated heterocycles. The van der Waals surface area contributed by atoms with Crippen molar-refractivity contribution in [2.75, 3.05) is 23.9 Å². The molecule has 0 heterocycles. The molecule has 0 amide bonds. The smallest absolute Gasteiger partial charge is 0.396 e. The molecule has 110 valence electrons. The molecule has 1 atom stereocenters. The van der Waals surface area contributed by atoms with E-state index in [2.05, 4.69) is 5.32 Å². The predicted molar refractivity (Wildman–Crippen MR) is 73.7 cm³/mol. The van der Waals surface area contributed by atoms with Crippen LogP contribution in [0, 0.1) is 11.3 Å². The Morgan fingerprint density at radius 3 is 2.65 bits per heavy atom. The predicted octanol–water partition coefficient (Wildman–Crippen LogP) is 3.10. The Morgan fingerprint density at radius 2 is 2.15 bits per heavy atom. The van der Waals surface area contributed by atoms with Gasteiger partial charge in [-0.1, -0.05) is 0 Å². The summed E-state index contributed by atoms with van der Waals surface area (Å²) in [5, 5.41) is 20.9. The average molecular weight is 304 g/mol. The van der Waals surface area contributed by atoms with Crippen LogP contribution in [0.1, 0.15) is 17.5 Å². The van der Waals surface area contributed by atoms with Gasteiger partial charge in [-0.15, -0.1) is 0 Å². The molecule has 7 heteroatoms. The molecule has 0 saturated carbocycles. The molecule has 20 heavy (non-hydrogen) atoms. The number of rotatable bonds is 6. The maximum absolute atomic E-state index is 12.6. The number of nitrogens with one attached hydrogen (secondary N) is 1. The Kier molecular flexibility index (Phi) is 6.17. The van der Waals surface area contributed by atoms with E-state index < -0.39 is 11.7 Å². The van der Waals surface area contributed by atoms with E-state index in [4.69, 9.17) is 10.4 Å². The van der Waals surface area contributed by atoms with Crippen LogP contribution >= 0.6 is 11.8 Å². The first-order valence-corrected chi connectivity index (χ1v) is 7.29. The molecule has 3 nitrogen and oxygen atoms in total. The summed E-state index contributed by atoms with van der Waals surface area (Å²) < 4.78 is 37.7. The highest BCUT2D eigenvalue weighted by atomic mass is 32.2. The number of alkyl halides is 3. The normalized spacial score (nSPS) is 12.8. The highest BCUT2D eigenvalue weighted by molar-refractivity contribution is 7.98. The topological polar surface area (TPSA) is 56.0 Å². The Hall–Kier alpha value is -1.39. The van der Waals surface area contributed by atoms with Crippen molar-refractivity contribution in [2.45, 2.75) is 18.6 Å². The third-order valence-corrected chi connectivity index (χ3v) is 3.41. The van der Waals surface area contributed by atoms with Crippen molar-refractivity contribution in [1.82, 2.24) is 0 Å². The van der Waals surface area contributed by atoms with Crippen LogP contribution in [-0.4, -0.2) is 29.8 Å². The lowest BCUT2D eigenvalue weighted by Crippen LogP contribution is -2.24. The van der Waals surface area contributed by atoms with Crippen LogP contribution in [0.4, 0.5) is 18.9 Å². The highest BCUT2D eigenvalue weighted by Crippen LogP contribution is 2.32. The molecule has 0 aliphatic heterocycles. The standard InChI is InChI=1S/C13H15F3N2OS/c1-20-8-11(4-5-19)18-12-3-2-10(13(14,15)16)6-9(12)7-17/h2-3,6,11,18-19H,4-5,8H2,1H3. The van der Waals surface area contributed by atoms with Gasteiger partial charge in [-0.25, -0.2) is 0 Å². The van der Waals surface area contributed by atoms with Crippen molar-refractivity contribution in [3.05, 3.63) is 29.3 Å². The Labute approximate surface area is 119 Å². The van der Waals surface area contributed by atoms with Crippen molar-refractivity contribution in [3.8, 4) is 6.07 Å². The first-order valence-electron chi connectivity index (χ1n) is 5.90. The average Bonchev–Trinajstić information content (AvgIpc) is 2.38. The number of hydrogen-bond acceptors (Lipinski definition) is 4. The summed E-state index contributed by atoms with van der Waals surface area (Å²) in [5.74, 6) is 0.687. The minimum Gasteiger partial charge on any atom is -0.396 e. The minimum absolute atomic E-state index is 0.0270. The number of nitriles is 1. The van der Waals surface area contributed by atoms with Crippen molar-refractivity contribution < 1.29 is 18.3 Å². The quantitative estimate of drug-likeness (QED) is 0.848.